The van der Waals surface area contributed by atoms with Crippen LogP contribution in [0.15, 0.2) is 35.2 Å². The fraction of sp³-hybridized carbons (Fsp3) is 0.0833. The van der Waals surface area contributed by atoms with Crippen molar-refractivity contribution in [3.63, 3.8) is 0 Å². The molecule has 0 fully saturated rings. The molecule has 6 nitrogen and oxygen atoms in total. The van der Waals surface area contributed by atoms with Crippen LogP contribution < -0.4 is 15.6 Å². The minimum Gasteiger partial charge on any atom is -0.479 e. The van der Waals surface area contributed by atoms with Crippen molar-refractivity contribution in [2.24, 2.45) is 0 Å². The van der Waals surface area contributed by atoms with Gasteiger partial charge in [-0.3, -0.25) is 15.6 Å². The first-order valence-electron chi connectivity index (χ1n) is 5.47. The molecule has 0 aliphatic carbocycles. The summed E-state index contributed by atoms with van der Waals surface area (Å²) in [7, 11) is 1.32. The maximum atomic E-state index is 13.4. The zero-order valence-electron chi connectivity index (χ0n) is 10.4. The van der Waals surface area contributed by atoms with Crippen molar-refractivity contribution < 1.29 is 13.9 Å². The van der Waals surface area contributed by atoms with Crippen LogP contribution in [0.25, 0.3) is 0 Å². The molecule has 2 N–H and O–H groups in total. The number of hydrogen-bond acceptors (Lipinski definition) is 5. The molecule has 0 aromatic carbocycles. The molecule has 0 aliphatic heterocycles. The Hall–Kier alpha value is -2.22. The molecule has 0 unspecified atom stereocenters. The van der Waals surface area contributed by atoms with Crippen LogP contribution in [0.5, 0.6) is 5.88 Å². The van der Waals surface area contributed by atoms with Crippen molar-refractivity contribution >= 4 is 27.5 Å². The first-order chi connectivity index (χ1) is 9.60. The molecule has 20 heavy (non-hydrogen) atoms. The fourth-order valence-electron chi connectivity index (χ4n) is 1.36. The number of ether oxygens (including phenoxy) is 1. The third-order valence-corrected chi connectivity index (χ3v) is 2.78. The number of nitrogens with one attached hydrogen (secondary N) is 2. The highest BCUT2D eigenvalue weighted by molar-refractivity contribution is 9.10. The Labute approximate surface area is 122 Å². The average Bonchev–Trinajstić information content (AvgIpc) is 2.45. The van der Waals surface area contributed by atoms with E-state index in [1.165, 1.54) is 19.5 Å². The Morgan fingerprint density at radius 2 is 2.15 bits per heavy atom. The van der Waals surface area contributed by atoms with Crippen molar-refractivity contribution in [1.82, 2.24) is 15.4 Å². The molecule has 0 saturated carbocycles. The van der Waals surface area contributed by atoms with Crippen LogP contribution in [0.4, 0.5) is 10.1 Å². The van der Waals surface area contributed by atoms with Gasteiger partial charge in [0.05, 0.1) is 24.6 Å². The standard InChI is InChI=1S/C12H10BrFN4O2/c1-20-12-9(14)4-8(6-16-12)17-18-11(19)7-2-3-10(13)15-5-7/h2-6,17H,1H3,(H,18,19). The largest absolute Gasteiger partial charge is 0.479 e. The van der Waals surface area contributed by atoms with Gasteiger partial charge in [-0.1, -0.05) is 0 Å². The number of aromatic nitrogens is 2. The van der Waals surface area contributed by atoms with Crippen molar-refractivity contribution in [1.29, 1.82) is 0 Å². The van der Waals surface area contributed by atoms with Crippen LogP contribution in [0, 0.1) is 5.82 Å². The summed E-state index contributed by atoms with van der Waals surface area (Å²) in [6.07, 6.45) is 2.75. The number of methoxy groups -OCH3 is 1. The Morgan fingerprint density at radius 1 is 1.35 bits per heavy atom. The lowest BCUT2D eigenvalue weighted by atomic mass is 10.3. The highest BCUT2D eigenvalue weighted by Gasteiger charge is 2.08. The molecule has 2 aromatic rings. The van der Waals surface area contributed by atoms with Gasteiger partial charge < -0.3 is 4.74 Å². The SMILES string of the molecule is COc1ncc(NNC(=O)c2ccc(Br)nc2)cc1F. The molecule has 104 valence electrons. The highest BCUT2D eigenvalue weighted by atomic mass is 79.9. The molecule has 0 bridgehead atoms. The van der Waals surface area contributed by atoms with Gasteiger partial charge in [-0.25, -0.2) is 14.4 Å². The molecule has 2 heterocycles. The van der Waals surface area contributed by atoms with Crippen molar-refractivity contribution in [3.05, 3.63) is 46.6 Å². The van der Waals surface area contributed by atoms with Crippen molar-refractivity contribution in [2.75, 3.05) is 12.5 Å². The molecule has 8 heteroatoms. The normalized spacial score (nSPS) is 9.95. The minimum absolute atomic E-state index is 0.112. The van der Waals surface area contributed by atoms with E-state index in [1.807, 2.05) is 0 Å². The van der Waals surface area contributed by atoms with Crippen LogP contribution in [-0.2, 0) is 0 Å². The summed E-state index contributed by atoms with van der Waals surface area (Å²) in [6, 6.07) is 4.40. The van der Waals surface area contributed by atoms with E-state index in [2.05, 4.69) is 36.7 Å². The molecule has 0 radical (unpaired) electrons. The van der Waals surface area contributed by atoms with Gasteiger partial charge in [0, 0.05) is 12.3 Å². The number of nitrogens with zero attached hydrogens (tertiary/aromatic N) is 2. The first-order valence-corrected chi connectivity index (χ1v) is 6.27. The lowest BCUT2D eigenvalue weighted by molar-refractivity contribution is 0.0962. The third-order valence-electron chi connectivity index (χ3n) is 2.31. The summed E-state index contributed by atoms with van der Waals surface area (Å²) in [6.45, 7) is 0. The maximum Gasteiger partial charge on any atom is 0.271 e. The number of amides is 1. The number of hydrogen-bond donors (Lipinski definition) is 2. The van der Waals surface area contributed by atoms with E-state index in [9.17, 15) is 9.18 Å². The fourth-order valence-corrected chi connectivity index (χ4v) is 1.59. The van der Waals surface area contributed by atoms with E-state index in [-0.39, 0.29) is 5.88 Å². The van der Waals surface area contributed by atoms with Crippen molar-refractivity contribution in [2.45, 2.75) is 0 Å². The zero-order chi connectivity index (χ0) is 14.5. The van der Waals surface area contributed by atoms with Gasteiger partial charge in [-0.05, 0) is 28.1 Å². The highest BCUT2D eigenvalue weighted by Crippen LogP contribution is 2.16. The van der Waals surface area contributed by atoms with E-state index in [4.69, 9.17) is 4.74 Å². The van der Waals surface area contributed by atoms with Gasteiger partial charge in [0.25, 0.3) is 5.91 Å². The molecule has 0 aliphatic rings. The van der Waals surface area contributed by atoms with Crippen LogP contribution in [0.3, 0.4) is 0 Å². The second-order valence-corrected chi connectivity index (χ2v) is 4.48. The monoisotopic (exact) mass is 340 g/mol. The third kappa shape index (κ3) is 3.41. The lowest BCUT2D eigenvalue weighted by Gasteiger charge is -2.09. The Kier molecular flexibility index (Phi) is 4.46. The maximum absolute atomic E-state index is 13.4. The topological polar surface area (TPSA) is 76.1 Å². The Bertz CT molecular complexity index is 621. The second kappa shape index (κ2) is 6.29. The van der Waals surface area contributed by atoms with Crippen LogP contribution in [0.2, 0.25) is 0 Å². The predicted octanol–water partition coefficient (Wildman–Crippen LogP) is 2.14. The van der Waals surface area contributed by atoms with E-state index in [0.29, 0.717) is 15.9 Å². The summed E-state index contributed by atoms with van der Waals surface area (Å²) in [5.74, 6) is -1.14. The number of halogens is 2. The van der Waals surface area contributed by atoms with Gasteiger partial charge in [0.1, 0.15) is 4.60 Å². The zero-order valence-corrected chi connectivity index (χ0v) is 11.9. The van der Waals surface area contributed by atoms with Gasteiger partial charge >= 0.3 is 0 Å². The molecule has 1 amide bonds. The molecule has 2 aromatic heterocycles. The number of carbonyl (C=O) groups excluding carboxylic acids is 1. The minimum atomic E-state index is -0.628. The Balaban J connectivity index is 1.99. The van der Waals surface area contributed by atoms with E-state index in [0.717, 1.165) is 6.07 Å². The van der Waals surface area contributed by atoms with Crippen LogP contribution in [-0.4, -0.2) is 23.0 Å². The molecule has 2 rings (SSSR count). The molecule has 0 spiro atoms. The summed E-state index contributed by atoms with van der Waals surface area (Å²) >= 11 is 3.17. The molecular weight excluding hydrogens is 331 g/mol. The van der Waals surface area contributed by atoms with Gasteiger partial charge in [-0.15, -0.1) is 0 Å². The average molecular weight is 341 g/mol. The van der Waals surface area contributed by atoms with Gasteiger partial charge in [0.15, 0.2) is 5.82 Å². The molecule has 0 saturated heterocycles. The van der Waals surface area contributed by atoms with Crippen LogP contribution in [0.1, 0.15) is 10.4 Å². The number of hydrazine groups is 1. The summed E-state index contributed by atoms with van der Waals surface area (Å²) in [5.41, 5.74) is 5.62. The molecule has 0 atom stereocenters. The predicted molar refractivity (Wildman–Crippen MR) is 73.8 cm³/mol. The van der Waals surface area contributed by atoms with Crippen LogP contribution >= 0.6 is 15.9 Å². The van der Waals surface area contributed by atoms with E-state index in [1.54, 1.807) is 12.1 Å². The van der Waals surface area contributed by atoms with Gasteiger partial charge in [-0.2, -0.15) is 0 Å². The summed E-state index contributed by atoms with van der Waals surface area (Å²) in [5, 5.41) is 0. The number of anilines is 1. The quantitative estimate of drug-likeness (QED) is 0.658. The number of pyridine rings is 2. The van der Waals surface area contributed by atoms with Gasteiger partial charge in [0.2, 0.25) is 5.88 Å². The molecular formula is C12H10BrFN4O2. The first kappa shape index (κ1) is 14.2. The Morgan fingerprint density at radius 3 is 2.75 bits per heavy atom. The second-order valence-electron chi connectivity index (χ2n) is 3.66. The van der Waals surface area contributed by atoms with E-state index < -0.39 is 11.7 Å². The smallest absolute Gasteiger partial charge is 0.271 e. The lowest BCUT2D eigenvalue weighted by Crippen LogP contribution is -2.29. The summed E-state index contributed by atoms with van der Waals surface area (Å²) in [4.78, 5) is 19.4. The number of rotatable bonds is 4. The van der Waals surface area contributed by atoms with E-state index >= 15 is 0 Å². The summed E-state index contributed by atoms with van der Waals surface area (Å²) < 4.78 is 18.7. The van der Waals surface area contributed by atoms with Crippen molar-refractivity contribution in [3.8, 4) is 5.88 Å². The number of carbonyl (C=O) groups is 1.